The standard InChI is InChI=1S/C18H20ClN/c19-18-7-2-1-6-16(18)15-9-8-13-4-3-5-14(10-11-20)17(13)12-15/h1-2,6-9,12,14H,3-5,10-11,20H2. The molecule has 20 heavy (non-hydrogen) atoms. The van der Waals surface area contributed by atoms with Gasteiger partial charge in [0, 0.05) is 10.6 Å². The van der Waals surface area contributed by atoms with Crippen LogP contribution in [0.2, 0.25) is 5.02 Å². The molecule has 1 atom stereocenters. The minimum Gasteiger partial charge on any atom is -0.330 e. The molecule has 0 amide bonds. The molecular formula is C18H20ClN. The second-order valence-electron chi connectivity index (χ2n) is 5.56. The first kappa shape index (κ1) is 13.7. The minimum atomic E-state index is 0.617. The predicted octanol–water partition coefficient (Wildman–Crippen LogP) is 4.78. The second-order valence-corrected chi connectivity index (χ2v) is 5.97. The van der Waals surface area contributed by atoms with E-state index in [1.165, 1.54) is 36.0 Å². The van der Waals surface area contributed by atoms with E-state index in [1.54, 1.807) is 0 Å². The van der Waals surface area contributed by atoms with Gasteiger partial charge in [0.2, 0.25) is 0 Å². The molecule has 104 valence electrons. The van der Waals surface area contributed by atoms with Gasteiger partial charge in [0.05, 0.1) is 0 Å². The highest BCUT2D eigenvalue weighted by Crippen LogP contribution is 2.37. The van der Waals surface area contributed by atoms with E-state index in [9.17, 15) is 0 Å². The van der Waals surface area contributed by atoms with Crippen molar-refractivity contribution < 1.29 is 0 Å². The summed E-state index contributed by atoms with van der Waals surface area (Å²) in [7, 11) is 0. The SMILES string of the molecule is NCCC1CCCc2ccc(-c3ccccc3Cl)cc21. The Morgan fingerprint density at radius 1 is 1.15 bits per heavy atom. The molecule has 0 saturated carbocycles. The van der Waals surface area contributed by atoms with E-state index < -0.39 is 0 Å². The van der Waals surface area contributed by atoms with Gasteiger partial charge < -0.3 is 5.73 Å². The zero-order valence-corrected chi connectivity index (χ0v) is 12.4. The Hall–Kier alpha value is -1.31. The first-order valence-corrected chi connectivity index (χ1v) is 7.75. The molecule has 0 heterocycles. The van der Waals surface area contributed by atoms with Crippen LogP contribution in [0.4, 0.5) is 0 Å². The highest BCUT2D eigenvalue weighted by atomic mass is 35.5. The van der Waals surface area contributed by atoms with Crippen molar-refractivity contribution in [3.63, 3.8) is 0 Å². The lowest BCUT2D eigenvalue weighted by molar-refractivity contribution is 0.526. The van der Waals surface area contributed by atoms with Gasteiger partial charge in [-0.25, -0.2) is 0 Å². The lowest BCUT2D eigenvalue weighted by Gasteiger charge is -2.26. The summed E-state index contributed by atoms with van der Waals surface area (Å²) < 4.78 is 0. The van der Waals surface area contributed by atoms with E-state index >= 15 is 0 Å². The third-order valence-electron chi connectivity index (χ3n) is 4.28. The smallest absolute Gasteiger partial charge is 0.0484 e. The van der Waals surface area contributed by atoms with Gasteiger partial charge in [-0.15, -0.1) is 0 Å². The number of hydrogen-bond donors (Lipinski definition) is 1. The Bertz CT molecular complexity index is 606. The van der Waals surface area contributed by atoms with E-state index in [2.05, 4.69) is 24.3 Å². The number of aryl methyl sites for hydroxylation is 1. The topological polar surface area (TPSA) is 26.0 Å². The summed E-state index contributed by atoms with van der Waals surface area (Å²) in [5.41, 5.74) is 11.1. The molecule has 0 aliphatic heterocycles. The van der Waals surface area contributed by atoms with Crippen molar-refractivity contribution >= 4 is 11.6 Å². The Balaban J connectivity index is 2.03. The first-order chi connectivity index (χ1) is 9.79. The Labute approximate surface area is 125 Å². The van der Waals surface area contributed by atoms with Crippen LogP contribution in [0, 0.1) is 0 Å². The lowest BCUT2D eigenvalue weighted by Crippen LogP contribution is -2.14. The molecule has 1 aliphatic rings. The van der Waals surface area contributed by atoms with E-state index in [0.29, 0.717) is 5.92 Å². The number of hydrogen-bond acceptors (Lipinski definition) is 1. The fraction of sp³-hybridized carbons (Fsp3) is 0.333. The molecule has 2 N–H and O–H groups in total. The summed E-state index contributed by atoms with van der Waals surface area (Å²) in [6.45, 7) is 0.764. The second kappa shape index (κ2) is 5.99. The van der Waals surface area contributed by atoms with Gasteiger partial charge >= 0.3 is 0 Å². The Kier molecular flexibility index (Phi) is 4.09. The van der Waals surface area contributed by atoms with Gasteiger partial charge in [0.1, 0.15) is 0 Å². The molecule has 0 spiro atoms. The maximum Gasteiger partial charge on any atom is 0.0484 e. The van der Waals surface area contributed by atoms with Crippen LogP contribution in [0.3, 0.4) is 0 Å². The number of fused-ring (bicyclic) bond motifs is 1. The van der Waals surface area contributed by atoms with Gasteiger partial charge in [-0.2, -0.15) is 0 Å². The van der Waals surface area contributed by atoms with Crippen molar-refractivity contribution in [2.24, 2.45) is 5.73 Å². The van der Waals surface area contributed by atoms with Gasteiger partial charge in [-0.05, 0) is 60.9 Å². The van der Waals surface area contributed by atoms with Crippen molar-refractivity contribution in [3.8, 4) is 11.1 Å². The van der Waals surface area contributed by atoms with Crippen LogP contribution in [0.5, 0.6) is 0 Å². The fourth-order valence-electron chi connectivity index (χ4n) is 3.26. The number of halogens is 1. The van der Waals surface area contributed by atoms with Crippen LogP contribution in [0.1, 0.15) is 36.3 Å². The van der Waals surface area contributed by atoms with Crippen LogP contribution < -0.4 is 5.73 Å². The number of benzene rings is 2. The highest BCUT2D eigenvalue weighted by Gasteiger charge is 2.20. The minimum absolute atomic E-state index is 0.617. The lowest BCUT2D eigenvalue weighted by atomic mass is 9.80. The molecule has 3 rings (SSSR count). The molecule has 1 aliphatic carbocycles. The molecule has 0 saturated heterocycles. The molecule has 0 bridgehead atoms. The van der Waals surface area contributed by atoms with E-state index in [-0.39, 0.29) is 0 Å². The summed E-state index contributed by atoms with van der Waals surface area (Å²) in [6, 6.07) is 14.9. The van der Waals surface area contributed by atoms with Crippen molar-refractivity contribution in [3.05, 3.63) is 58.6 Å². The first-order valence-electron chi connectivity index (χ1n) is 7.37. The summed E-state index contributed by atoms with van der Waals surface area (Å²) in [4.78, 5) is 0. The van der Waals surface area contributed by atoms with Crippen LogP contribution in [0.15, 0.2) is 42.5 Å². The Morgan fingerprint density at radius 3 is 2.80 bits per heavy atom. The molecule has 2 aromatic carbocycles. The maximum atomic E-state index is 6.32. The van der Waals surface area contributed by atoms with Crippen LogP contribution in [0.25, 0.3) is 11.1 Å². The zero-order chi connectivity index (χ0) is 13.9. The Morgan fingerprint density at radius 2 is 2.00 bits per heavy atom. The molecule has 0 aromatic heterocycles. The number of rotatable bonds is 3. The average Bonchev–Trinajstić information content (AvgIpc) is 2.48. The normalized spacial score (nSPS) is 17.8. The third kappa shape index (κ3) is 2.61. The molecule has 2 heteroatoms. The van der Waals surface area contributed by atoms with E-state index in [4.69, 9.17) is 17.3 Å². The van der Waals surface area contributed by atoms with Crippen LogP contribution in [-0.4, -0.2) is 6.54 Å². The zero-order valence-electron chi connectivity index (χ0n) is 11.6. The monoisotopic (exact) mass is 285 g/mol. The maximum absolute atomic E-state index is 6.32. The molecule has 1 unspecified atom stereocenters. The molecule has 0 radical (unpaired) electrons. The average molecular weight is 286 g/mol. The van der Waals surface area contributed by atoms with Crippen molar-refractivity contribution in [2.45, 2.75) is 31.6 Å². The summed E-state index contributed by atoms with van der Waals surface area (Å²) in [5, 5.41) is 0.818. The predicted molar refractivity (Wildman–Crippen MR) is 86.2 cm³/mol. The van der Waals surface area contributed by atoms with Crippen LogP contribution >= 0.6 is 11.6 Å². The van der Waals surface area contributed by atoms with Crippen molar-refractivity contribution in [2.75, 3.05) is 6.54 Å². The fourth-order valence-corrected chi connectivity index (χ4v) is 3.51. The number of nitrogens with two attached hydrogens (primary N) is 1. The third-order valence-corrected chi connectivity index (χ3v) is 4.61. The molecule has 0 fully saturated rings. The van der Waals surface area contributed by atoms with Crippen molar-refractivity contribution in [1.29, 1.82) is 0 Å². The quantitative estimate of drug-likeness (QED) is 0.863. The van der Waals surface area contributed by atoms with E-state index in [1.807, 2.05) is 18.2 Å². The largest absolute Gasteiger partial charge is 0.330 e. The van der Waals surface area contributed by atoms with Gasteiger partial charge in [0.15, 0.2) is 0 Å². The molecular weight excluding hydrogens is 266 g/mol. The summed E-state index contributed by atoms with van der Waals surface area (Å²) in [5.74, 6) is 0.617. The van der Waals surface area contributed by atoms with Crippen molar-refractivity contribution in [1.82, 2.24) is 0 Å². The van der Waals surface area contributed by atoms with Crippen LogP contribution in [-0.2, 0) is 6.42 Å². The van der Waals surface area contributed by atoms with Gasteiger partial charge in [-0.3, -0.25) is 0 Å². The summed E-state index contributed by atoms with van der Waals surface area (Å²) >= 11 is 6.32. The van der Waals surface area contributed by atoms with E-state index in [0.717, 1.165) is 23.6 Å². The highest BCUT2D eigenvalue weighted by molar-refractivity contribution is 6.33. The molecule has 2 aromatic rings. The van der Waals surface area contributed by atoms with Gasteiger partial charge in [0.25, 0.3) is 0 Å². The van der Waals surface area contributed by atoms with Gasteiger partial charge in [-0.1, -0.05) is 48.0 Å². The molecule has 1 nitrogen and oxygen atoms in total. The summed E-state index contributed by atoms with van der Waals surface area (Å²) in [6.07, 6.45) is 4.82.